The van der Waals surface area contributed by atoms with Crippen LogP contribution in [-0.2, 0) is 13.2 Å². The summed E-state index contributed by atoms with van der Waals surface area (Å²) in [6.07, 6.45) is -0.0152. The Balaban J connectivity index is 1.92. The van der Waals surface area contributed by atoms with Crippen LogP contribution in [0.5, 0.6) is 0 Å². The molecule has 2 amide bonds. The average Bonchev–Trinajstić information content (AvgIpc) is 3.20. The molecule has 3 aromatic rings. The molecule has 0 saturated carbocycles. The van der Waals surface area contributed by atoms with Crippen molar-refractivity contribution in [3.63, 3.8) is 0 Å². The molecule has 10 heteroatoms. The highest BCUT2D eigenvalue weighted by Crippen LogP contribution is 2.36. The van der Waals surface area contributed by atoms with Crippen molar-refractivity contribution >= 4 is 28.2 Å². The molecule has 6 nitrogen and oxygen atoms in total. The van der Waals surface area contributed by atoms with Crippen LogP contribution in [0.25, 0.3) is 11.3 Å². The summed E-state index contributed by atoms with van der Waals surface area (Å²) in [5, 5.41) is 4.91. The Morgan fingerprint density at radius 3 is 2.64 bits per heavy atom. The predicted octanol–water partition coefficient (Wildman–Crippen LogP) is 4.60. The number of aromatic nitrogens is 2. The normalized spacial score (nSPS) is 12.0. The molecule has 0 bridgehead atoms. The number of pyridine rings is 1. The van der Waals surface area contributed by atoms with Gasteiger partial charge < -0.3 is 9.80 Å². The summed E-state index contributed by atoms with van der Waals surface area (Å²) in [7, 11) is 8.04. The zero-order valence-electron chi connectivity index (χ0n) is 19.1. The Labute approximate surface area is 195 Å². The van der Waals surface area contributed by atoms with Gasteiger partial charge in [-0.3, -0.25) is 0 Å². The van der Waals surface area contributed by atoms with Crippen molar-refractivity contribution in [2.45, 2.75) is 12.6 Å². The first-order chi connectivity index (χ1) is 15.4. The van der Waals surface area contributed by atoms with Gasteiger partial charge in [0.05, 0.1) is 50.2 Å². The van der Waals surface area contributed by atoms with E-state index >= 15 is 0 Å². The van der Waals surface area contributed by atoms with Crippen LogP contribution in [0.3, 0.4) is 0 Å². The molecule has 0 aliphatic carbocycles. The largest absolute Gasteiger partial charge is 0.416 e. The lowest BCUT2D eigenvalue weighted by Crippen LogP contribution is -2.40. The number of nitrogens with zero attached hydrogens (tertiary/aromatic N) is 4. The van der Waals surface area contributed by atoms with Gasteiger partial charge in [0, 0.05) is 24.4 Å². The van der Waals surface area contributed by atoms with Crippen LogP contribution in [0.4, 0.5) is 28.8 Å². The molecule has 33 heavy (non-hydrogen) atoms. The van der Waals surface area contributed by atoms with E-state index in [0.29, 0.717) is 17.4 Å². The lowest BCUT2D eigenvalue weighted by Gasteiger charge is -2.25. The molecule has 176 valence electrons. The number of hydrogen-bond acceptors (Lipinski definition) is 3. The van der Waals surface area contributed by atoms with Crippen LogP contribution < -0.4 is 14.8 Å². The quantitative estimate of drug-likeness (QED) is 0.306. The van der Waals surface area contributed by atoms with Gasteiger partial charge in [0.1, 0.15) is 7.05 Å². The van der Waals surface area contributed by atoms with E-state index in [-0.39, 0.29) is 5.69 Å². The van der Waals surface area contributed by atoms with Crippen LogP contribution in [0.15, 0.2) is 54.2 Å². The first-order valence-corrected chi connectivity index (χ1v) is 11.3. The number of nitrogens with one attached hydrogen (secondary N) is 1. The molecule has 2 aromatic heterocycles. The smallest absolute Gasteiger partial charge is 0.337 e. The SMILES string of the molecule is C[n+]1cccc(-c2csc(N(C(=O)NCCC[N+](C)(C)C)c3cccc(C(F)(F)F)c3)n2)c1. The van der Waals surface area contributed by atoms with Gasteiger partial charge in [-0.25, -0.2) is 19.2 Å². The molecule has 0 saturated heterocycles. The van der Waals surface area contributed by atoms with Gasteiger partial charge >= 0.3 is 12.2 Å². The van der Waals surface area contributed by atoms with Crippen molar-refractivity contribution in [1.82, 2.24) is 10.3 Å². The average molecular weight is 480 g/mol. The molecular weight excluding hydrogens is 451 g/mol. The number of carbonyl (C=O) groups excluding carboxylic acids is 1. The minimum Gasteiger partial charge on any atom is -0.337 e. The van der Waals surface area contributed by atoms with Crippen molar-refractivity contribution in [3.05, 3.63) is 59.7 Å². The van der Waals surface area contributed by atoms with E-state index in [0.717, 1.165) is 35.1 Å². The second-order valence-corrected chi connectivity index (χ2v) is 9.59. The molecule has 2 heterocycles. The van der Waals surface area contributed by atoms with E-state index < -0.39 is 17.8 Å². The van der Waals surface area contributed by atoms with Gasteiger partial charge in [0.25, 0.3) is 0 Å². The maximum Gasteiger partial charge on any atom is 0.416 e. The van der Waals surface area contributed by atoms with Gasteiger partial charge in [-0.1, -0.05) is 6.07 Å². The number of urea groups is 1. The number of anilines is 2. The molecule has 0 unspecified atom stereocenters. The molecule has 0 aliphatic rings. The highest BCUT2D eigenvalue weighted by molar-refractivity contribution is 7.14. The standard InChI is InChI=1S/C23H27F3N5OS/c1-29-12-6-8-17(15-29)20-16-33-22(28-20)30(21(32)27-11-7-13-31(2,3)4)19-10-5-9-18(14-19)23(24,25)26/h5-6,8-10,12,14-16H,7,11,13H2,1-4H3/q+1/p+1. The monoisotopic (exact) mass is 479 g/mol. The Hall–Kier alpha value is -2.98. The Morgan fingerprint density at radius 2 is 1.97 bits per heavy atom. The Kier molecular flexibility index (Phi) is 7.38. The molecule has 1 aromatic carbocycles. The molecule has 0 radical (unpaired) electrons. The van der Waals surface area contributed by atoms with Crippen molar-refractivity contribution in [2.75, 3.05) is 39.1 Å². The maximum absolute atomic E-state index is 13.3. The van der Waals surface area contributed by atoms with Gasteiger partial charge in [0.15, 0.2) is 17.5 Å². The zero-order chi connectivity index (χ0) is 24.2. The third-order valence-corrected chi connectivity index (χ3v) is 5.66. The summed E-state index contributed by atoms with van der Waals surface area (Å²) in [4.78, 5) is 18.9. The van der Waals surface area contributed by atoms with Crippen LogP contribution in [-0.4, -0.2) is 49.7 Å². The van der Waals surface area contributed by atoms with E-state index in [1.807, 2.05) is 36.1 Å². The molecular formula is C23H28F3N5OS+2. The van der Waals surface area contributed by atoms with Gasteiger partial charge in [-0.2, -0.15) is 13.2 Å². The minimum atomic E-state index is -4.52. The molecule has 0 fully saturated rings. The molecule has 0 atom stereocenters. The second-order valence-electron chi connectivity index (χ2n) is 8.76. The topological polar surface area (TPSA) is 49.1 Å². The lowest BCUT2D eigenvalue weighted by molar-refractivity contribution is -0.870. The number of aryl methyl sites for hydroxylation is 1. The fourth-order valence-corrected chi connectivity index (χ4v) is 4.05. The maximum atomic E-state index is 13.3. The number of carbonyl (C=O) groups is 1. The summed E-state index contributed by atoms with van der Waals surface area (Å²) < 4.78 is 42.6. The molecule has 0 aliphatic heterocycles. The van der Waals surface area contributed by atoms with Crippen molar-refractivity contribution < 1.29 is 27.0 Å². The summed E-state index contributed by atoms with van der Waals surface area (Å²) in [5.41, 5.74) is 0.763. The van der Waals surface area contributed by atoms with Crippen LogP contribution in [0.1, 0.15) is 12.0 Å². The molecule has 3 rings (SSSR count). The van der Waals surface area contributed by atoms with Crippen LogP contribution in [0, 0.1) is 0 Å². The third-order valence-electron chi connectivity index (χ3n) is 4.84. The number of rotatable bonds is 7. The third kappa shape index (κ3) is 6.75. The zero-order valence-corrected chi connectivity index (χ0v) is 19.9. The van der Waals surface area contributed by atoms with E-state index in [1.54, 1.807) is 5.38 Å². The highest BCUT2D eigenvalue weighted by Gasteiger charge is 2.32. The summed E-state index contributed by atoms with van der Waals surface area (Å²) in [6.45, 7) is 1.24. The van der Waals surface area contributed by atoms with Crippen LogP contribution >= 0.6 is 11.3 Å². The van der Waals surface area contributed by atoms with Crippen molar-refractivity contribution in [3.8, 4) is 11.3 Å². The highest BCUT2D eigenvalue weighted by atomic mass is 32.1. The lowest BCUT2D eigenvalue weighted by atomic mass is 10.2. The number of halogens is 3. The van der Waals surface area contributed by atoms with Gasteiger partial charge in [0.2, 0.25) is 0 Å². The first-order valence-electron chi connectivity index (χ1n) is 10.4. The number of thiazole rings is 1. The predicted molar refractivity (Wildman–Crippen MR) is 123 cm³/mol. The van der Waals surface area contributed by atoms with E-state index in [9.17, 15) is 18.0 Å². The minimum absolute atomic E-state index is 0.105. The van der Waals surface area contributed by atoms with Gasteiger partial charge in [-0.15, -0.1) is 11.3 Å². The number of hydrogen-bond donors (Lipinski definition) is 1. The van der Waals surface area contributed by atoms with E-state index in [4.69, 9.17) is 0 Å². The van der Waals surface area contributed by atoms with Crippen LogP contribution in [0.2, 0.25) is 0 Å². The van der Waals surface area contributed by atoms with E-state index in [1.165, 1.54) is 28.4 Å². The van der Waals surface area contributed by atoms with Crippen molar-refractivity contribution in [1.29, 1.82) is 0 Å². The first kappa shape index (κ1) is 24.7. The Morgan fingerprint density at radius 1 is 1.21 bits per heavy atom. The molecule has 0 spiro atoms. The number of amides is 2. The Bertz CT molecular complexity index is 1110. The van der Waals surface area contributed by atoms with Crippen molar-refractivity contribution in [2.24, 2.45) is 7.05 Å². The summed E-state index contributed by atoms with van der Waals surface area (Å²) in [6, 6.07) is 7.96. The number of alkyl halides is 3. The number of quaternary nitrogens is 1. The summed E-state index contributed by atoms with van der Waals surface area (Å²) in [5.74, 6) is 0. The fourth-order valence-electron chi connectivity index (χ4n) is 3.20. The fraction of sp³-hybridized carbons (Fsp3) is 0.348. The number of benzene rings is 1. The van der Waals surface area contributed by atoms with E-state index in [2.05, 4.69) is 31.4 Å². The second kappa shape index (κ2) is 9.88. The summed E-state index contributed by atoms with van der Waals surface area (Å²) >= 11 is 1.20. The molecule has 1 N–H and O–H groups in total. The van der Waals surface area contributed by atoms with Gasteiger partial charge in [-0.05, 0) is 24.3 Å².